The number of piperidine rings is 1. The van der Waals surface area contributed by atoms with Crippen molar-refractivity contribution in [3.63, 3.8) is 0 Å². The number of phenols is 1. The van der Waals surface area contributed by atoms with Crippen LogP contribution in [0.2, 0.25) is 0 Å². The third-order valence-corrected chi connectivity index (χ3v) is 10.4. The van der Waals surface area contributed by atoms with Crippen LogP contribution in [0, 0.1) is 6.92 Å². The van der Waals surface area contributed by atoms with Crippen molar-refractivity contribution < 1.29 is 24.2 Å². The summed E-state index contributed by atoms with van der Waals surface area (Å²) in [6, 6.07) is 30.1. The predicted octanol–water partition coefficient (Wildman–Crippen LogP) is 5.51. The predicted molar refractivity (Wildman–Crippen MR) is 199 cm³/mol. The summed E-state index contributed by atoms with van der Waals surface area (Å²) < 4.78 is 10.1. The molecule has 264 valence electrons. The van der Waals surface area contributed by atoms with Crippen LogP contribution in [-0.4, -0.2) is 74.9 Å². The van der Waals surface area contributed by atoms with E-state index in [1.54, 1.807) is 23.9 Å². The third kappa shape index (κ3) is 6.12. The summed E-state index contributed by atoms with van der Waals surface area (Å²) in [6.45, 7) is 5.28. The molecule has 3 amide bonds. The zero-order valence-corrected chi connectivity index (χ0v) is 29.2. The van der Waals surface area contributed by atoms with Gasteiger partial charge in [0.2, 0.25) is 11.8 Å². The lowest BCUT2D eigenvalue weighted by molar-refractivity contribution is -0.135. The minimum atomic E-state index is -0.515. The van der Waals surface area contributed by atoms with Gasteiger partial charge in [-0.05, 0) is 66.4 Å². The van der Waals surface area contributed by atoms with E-state index in [2.05, 4.69) is 63.2 Å². The number of imide groups is 1. The fourth-order valence-electron chi connectivity index (χ4n) is 7.74. The smallest absolute Gasteiger partial charge is 0.260 e. The second kappa shape index (κ2) is 13.6. The molecule has 2 saturated heterocycles. The Labute approximate surface area is 301 Å². The van der Waals surface area contributed by atoms with E-state index in [4.69, 9.17) is 4.74 Å². The molecule has 52 heavy (non-hydrogen) atoms. The van der Waals surface area contributed by atoms with Crippen LogP contribution in [0.25, 0.3) is 33.1 Å². The van der Waals surface area contributed by atoms with Crippen molar-refractivity contribution >= 4 is 45.2 Å². The number of rotatable bonds is 8. The molecule has 0 saturated carbocycles. The van der Waals surface area contributed by atoms with E-state index < -0.39 is 5.92 Å². The first-order valence-corrected chi connectivity index (χ1v) is 17.7. The number of piperazine rings is 1. The number of ether oxygens (including phenoxy) is 1. The molecule has 2 fully saturated rings. The summed E-state index contributed by atoms with van der Waals surface area (Å²) in [4.78, 5) is 41.7. The number of aryl methyl sites for hydroxylation is 2. The van der Waals surface area contributed by atoms with Gasteiger partial charge >= 0.3 is 0 Å². The molecule has 1 unspecified atom stereocenters. The summed E-state index contributed by atoms with van der Waals surface area (Å²) in [6.07, 6.45) is 0.677. The maximum absolute atomic E-state index is 13.3. The second-order valence-corrected chi connectivity index (χ2v) is 13.6. The number of amides is 3. The van der Waals surface area contributed by atoms with E-state index in [9.17, 15) is 19.5 Å². The van der Waals surface area contributed by atoms with Crippen LogP contribution in [0.5, 0.6) is 11.5 Å². The molecular formula is C41H40N6O5. The van der Waals surface area contributed by atoms with Gasteiger partial charge in [-0.25, -0.2) is 0 Å². The summed E-state index contributed by atoms with van der Waals surface area (Å²) in [5, 5.41) is 19.1. The largest absolute Gasteiger partial charge is 0.508 e. The number of nitrogens with zero attached hydrogens (tertiary/aromatic N) is 5. The minimum absolute atomic E-state index is 0.0867. The SMILES string of the molecule is Cc1c(-c2ccccc2)n(Cc2ccc(N3CCN(C(=O)COc4cccc5c(C6CCC(=O)NC6=O)nn(C)c45)CC3)cc2)c2ccc(O)cc12. The van der Waals surface area contributed by atoms with Crippen LogP contribution in [-0.2, 0) is 28.0 Å². The van der Waals surface area contributed by atoms with Crippen LogP contribution in [0.3, 0.4) is 0 Å². The highest BCUT2D eigenvalue weighted by molar-refractivity contribution is 6.03. The zero-order valence-electron chi connectivity index (χ0n) is 29.2. The van der Waals surface area contributed by atoms with Gasteiger partial charge in [0.05, 0.1) is 17.3 Å². The monoisotopic (exact) mass is 696 g/mol. The Morgan fingerprint density at radius 1 is 0.923 bits per heavy atom. The summed E-state index contributed by atoms with van der Waals surface area (Å²) in [5.41, 5.74) is 8.10. The average molecular weight is 697 g/mol. The van der Waals surface area contributed by atoms with Crippen molar-refractivity contribution in [2.45, 2.75) is 32.2 Å². The topological polar surface area (TPSA) is 122 Å². The van der Waals surface area contributed by atoms with Gasteiger partial charge in [-0.2, -0.15) is 5.10 Å². The number of aromatic nitrogens is 3. The molecule has 0 spiro atoms. The Kier molecular flexibility index (Phi) is 8.62. The molecule has 2 aliphatic heterocycles. The second-order valence-electron chi connectivity index (χ2n) is 13.6. The minimum Gasteiger partial charge on any atom is -0.508 e. The molecule has 2 aromatic heterocycles. The van der Waals surface area contributed by atoms with E-state index in [0.29, 0.717) is 56.1 Å². The number of fused-ring (bicyclic) bond motifs is 2. The molecular weight excluding hydrogens is 656 g/mol. The number of para-hydroxylation sites is 1. The normalized spacial score (nSPS) is 16.5. The molecule has 6 aromatic rings. The zero-order chi connectivity index (χ0) is 35.9. The van der Waals surface area contributed by atoms with Crippen molar-refractivity contribution in [2.75, 3.05) is 37.7 Å². The maximum Gasteiger partial charge on any atom is 0.260 e. The number of hydrogen-bond donors (Lipinski definition) is 2. The van der Waals surface area contributed by atoms with Gasteiger partial charge in [0, 0.05) is 68.2 Å². The highest BCUT2D eigenvalue weighted by atomic mass is 16.5. The number of carbonyl (C=O) groups is 3. The molecule has 1 atom stereocenters. The maximum atomic E-state index is 13.3. The van der Waals surface area contributed by atoms with Crippen LogP contribution in [0.1, 0.15) is 35.6 Å². The summed E-state index contributed by atoms with van der Waals surface area (Å²) in [7, 11) is 1.79. The average Bonchev–Trinajstić information content (AvgIpc) is 3.63. The van der Waals surface area contributed by atoms with E-state index in [-0.39, 0.29) is 36.5 Å². The lowest BCUT2D eigenvalue weighted by Crippen LogP contribution is -2.50. The first-order valence-electron chi connectivity index (χ1n) is 17.7. The van der Waals surface area contributed by atoms with E-state index in [0.717, 1.165) is 38.8 Å². The fraction of sp³-hybridized carbons (Fsp3) is 0.268. The van der Waals surface area contributed by atoms with Gasteiger partial charge in [-0.3, -0.25) is 24.4 Å². The lowest BCUT2D eigenvalue weighted by atomic mass is 9.93. The van der Waals surface area contributed by atoms with Crippen LogP contribution < -0.4 is 15.0 Å². The van der Waals surface area contributed by atoms with Crippen LogP contribution >= 0.6 is 0 Å². The van der Waals surface area contributed by atoms with Gasteiger partial charge in [0.25, 0.3) is 5.91 Å². The molecule has 11 nitrogen and oxygen atoms in total. The molecule has 2 aliphatic rings. The van der Waals surface area contributed by atoms with Gasteiger partial charge < -0.3 is 24.2 Å². The number of benzene rings is 4. The highest BCUT2D eigenvalue weighted by Crippen LogP contribution is 2.37. The van der Waals surface area contributed by atoms with Crippen molar-refractivity contribution in [3.05, 3.63) is 108 Å². The molecule has 4 aromatic carbocycles. The number of carbonyl (C=O) groups excluding carboxylic acids is 3. The Balaban J connectivity index is 0.908. The lowest BCUT2D eigenvalue weighted by Gasteiger charge is -2.36. The number of anilines is 1. The van der Waals surface area contributed by atoms with Crippen LogP contribution in [0.4, 0.5) is 5.69 Å². The van der Waals surface area contributed by atoms with Crippen molar-refractivity contribution in [1.29, 1.82) is 0 Å². The number of hydrogen-bond acceptors (Lipinski definition) is 7. The highest BCUT2D eigenvalue weighted by Gasteiger charge is 2.32. The number of aromatic hydroxyl groups is 1. The van der Waals surface area contributed by atoms with E-state index >= 15 is 0 Å². The first kappa shape index (κ1) is 33.1. The van der Waals surface area contributed by atoms with Crippen molar-refractivity contribution in [2.24, 2.45) is 7.05 Å². The fourth-order valence-corrected chi connectivity index (χ4v) is 7.74. The Hall–Kier alpha value is -6.10. The number of phenolic OH excluding ortho intramolecular Hbond substituents is 1. The number of nitrogens with one attached hydrogen (secondary N) is 1. The van der Waals surface area contributed by atoms with Crippen LogP contribution in [0.15, 0.2) is 91.0 Å². The summed E-state index contributed by atoms with van der Waals surface area (Å²) >= 11 is 0. The Bertz CT molecular complexity index is 2320. The molecule has 11 heteroatoms. The molecule has 4 heterocycles. The Morgan fingerprint density at radius 3 is 2.44 bits per heavy atom. The quantitative estimate of drug-likeness (QED) is 0.202. The van der Waals surface area contributed by atoms with Crippen molar-refractivity contribution in [3.8, 4) is 22.8 Å². The van der Waals surface area contributed by atoms with Gasteiger partial charge in [-0.15, -0.1) is 0 Å². The molecule has 2 N–H and O–H groups in total. The molecule has 8 rings (SSSR count). The van der Waals surface area contributed by atoms with Gasteiger partial charge in [0.15, 0.2) is 6.61 Å². The molecule has 0 radical (unpaired) electrons. The first-order chi connectivity index (χ1) is 25.2. The van der Waals surface area contributed by atoms with Gasteiger partial charge in [-0.1, -0.05) is 54.6 Å². The molecule has 0 bridgehead atoms. The standard InChI is InChI=1S/C41H40N6O5/c1-26-33-23-30(48)15-17-34(33)47(39(26)28-7-4-3-5-8-28)24-27-11-13-29(14-12-27)45-19-21-46(22-20-45)37(50)25-52-35-10-6-9-31-38(43-44(2)40(31)35)32-16-18-36(49)42-41(32)51/h3-15,17,23,32,48H,16,18-22,24-25H2,1-2H3,(H,42,49,51). The summed E-state index contributed by atoms with van der Waals surface area (Å²) in [5.74, 6) is -0.425. The Morgan fingerprint density at radius 2 is 1.69 bits per heavy atom. The van der Waals surface area contributed by atoms with E-state index in [1.165, 1.54) is 5.56 Å². The van der Waals surface area contributed by atoms with Crippen molar-refractivity contribution in [1.82, 2.24) is 24.6 Å². The van der Waals surface area contributed by atoms with E-state index in [1.807, 2.05) is 47.4 Å². The van der Waals surface area contributed by atoms with Gasteiger partial charge in [0.1, 0.15) is 17.0 Å². The molecule has 0 aliphatic carbocycles. The third-order valence-electron chi connectivity index (χ3n) is 10.4.